The van der Waals surface area contributed by atoms with Crippen molar-refractivity contribution in [1.82, 2.24) is 5.32 Å². The van der Waals surface area contributed by atoms with Crippen LogP contribution in [0.15, 0.2) is 24.3 Å². The molecule has 1 saturated carbocycles. The number of amides is 1. The maximum absolute atomic E-state index is 11.5. The van der Waals surface area contributed by atoms with Gasteiger partial charge in [0.2, 0.25) is 5.91 Å². The second-order valence-corrected chi connectivity index (χ2v) is 5.17. The highest BCUT2D eigenvalue weighted by atomic mass is 35.5. The Balaban J connectivity index is 2.06. The van der Waals surface area contributed by atoms with Crippen LogP contribution in [0.1, 0.15) is 25.3 Å². The second kappa shape index (κ2) is 4.67. The van der Waals surface area contributed by atoms with Crippen LogP contribution in [-0.2, 0) is 10.2 Å². The molecule has 1 aliphatic carbocycles. The van der Waals surface area contributed by atoms with Gasteiger partial charge in [0.15, 0.2) is 0 Å². The molecule has 1 atom stereocenters. The van der Waals surface area contributed by atoms with Crippen LogP contribution in [0, 0.1) is 0 Å². The fourth-order valence-corrected chi connectivity index (χ4v) is 2.34. The summed E-state index contributed by atoms with van der Waals surface area (Å²) < 4.78 is 0. The molecule has 0 heterocycles. The molecule has 3 nitrogen and oxygen atoms in total. The van der Waals surface area contributed by atoms with Crippen LogP contribution in [0.5, 0.6) is 0 Å². The number of halogens is 1. The smallest absolute Gasteiger partial charge is 0.236 e. The minimum absolute atomic E-state index is 0.0306. The molecule has 2 rings (SSSR count). The van der Waals surface area contributed by atoms with Crippen molar-refractivity contribution in [2.24, 2.45) is 5.73 Å². The Hall–Kier alpha value is -1.06. The number of carbonyl (C=O) groups excluding carboxylic acids is 1. The van der Waals surface area contributed by atoms with Crippen LogP contribution in [0.25, 0.3) is 0 Å². The van der Waals surface area contributed by atoms with Gasteiger partial charge in [-0.1, -0.05) is 29.8 Å². The average Bonchev–Trinajstić information content (AvgIpc) is 3.07. The molecule has 17 heavy (non-hydrogen) atoms. The average molecular weight is 253 g/mol. The van der Waals surface area contributed by atoms with E-state index in [4.69, 9.17) is 17.3 Å². The maximum Gasteiger partial charge on any atom is 0.236 e. The normalized spacial score (nSPS) is 18.5. The first-order chi connectivity index (χ1) is 8.05. The van der Waals surface area contributed by atoms with Gasteiger partial charge < -0.3 is 11.1 Å². The molecule has 1 aliphatic rings. The number of carbonyl (C=O) groups is 1. The Labute approximate surface area is 106 Å². The van der Waals surface area contributed by atoms with Crippen molar-refractivity contribution >= 4 is 17.5 Å². The highest BCUT2D eigenvalue weighted by Crippen LogP contribution is 2.49. The van der Waals surface area contributed by atoms with Crippen LogP contribution < -0.4 is 11.1 Å². The van der Waals surface area contributed by atoms with E-state index in [1.165, 1.54) is 0 Å². The van der Waals surface area contributed by atoms with Crippen LogP contribution in [0.3, 0.4) is 0 Å². The summed E-state index contributed by atoms with van der Waals surface area (Å²) >= 11 is 6.19. The predicted octanol–water partition coefficient (Wildman–Crippen LogP) is 1.84. The molecule has 0 spiro atoms. The minimum atomic E-state index is -0.461. The predicted molar refractivity (Wildman–Crippen MR) is 69.0 cm³/mol. The number of nitrogens with two attached hydrogens (primary N) is 1. The summed E-state index contributed by atoms with van der Waals surface area (Å²) in [6.07, 6.45) is 2.13. The number of hydrogen-bond donors (Lipinski definition) is 2. The summed E-state index contributed by atoms with van der Waals surface area (Å²) in [6, 6.07) is 7.37. The summed E-state index contributed by atoms with van der Waals surface area (Å²) in [5, 5.41) is 3.67. The third kappa shape index (κ3) is 2.61. The zero-order valence-corrected chi connectivity index (χ0v) is 10.6. The molecule has 1 fully saturated rings. The number of rotatable bonds is 4. The Morgan fingerprint density at radius 3 is 2.71 bits per heavy atom. The van der Waals surface area contributed by atoms with Crippen LogP contribution in [0.4, 0.5) is 0 Å². The van der Waals surface area contributed by atoms with Crippen molar-refractivity contribution < 1.29 is 4.79 Å². The molecule has 0 bridgehead atoms. The fourth-order valence-electron chi connectivity index (χ4n) is 2.00. The molecular weight excluding hydrogens is 236 g/mol. The quantitative estimate of drug-likeness (QED) is 0.859. The van der Waals surface area contributed by atoms with Gasteiger partial charge in [0.25, 0.3) is 0 Å². The molecule has 0 aromatic heterocycles. The first-order valence-electron chi connectivity index (χ1n) is 5.83. The molecule has 92 valence electrons. The molecule has 4 heteroatoms. The number of nitrogens with one attached hydrogen (secondary N) is 1. The minimum Gasteiger partial charge on any atom is -0.354 e. The van der Waals surface area contributed by atoms with E-state index in [1.54, 1.807) is 6.92 Å². The van der Waals surface area contributed by atoms with Crippen LogP contribution >= 0.6 is 11.6 Å². The van der Waals surface area contributed by atoms with Gasteiger partial charge in [0.05, 0.1) is 6.04 Å². The molecule has 1 aromatic rings. The highest BCUT2D eigenvalue weighted by Gasteiger charge is 2.45. The fraction of sp³-hybridized carbons (Fsp3) is 0.462. The molecular formula is C13H17ClN2O. The van der Waals surface area contributed by atoms with Crippen LogP contribution in [-0.4, -0.2) is 18.5 Å². The largest absolute Gasteiger partial charge is 0.354 e. The van der Waals surface area contributed by atoms with Crippen LogP contribution in [0.2, 0.25) is 5.02 Å². The van der Waals surface area contributed by atoms with Gasteiger partial charge in [-0.15, -0.1) is 0 Å². The van der Waals surface area contributed by atoms with Gasteiger partial charge in [-0.05, 0) is 31.4 Å². The zero-order valence-electron chi connectivity index (χ0n) is 9.87. The van der Waals surface area contributed by atoms with E-state index in [2.05, 4.69) is 5.32 Å². The lowest BCUT2D eigenvalue weighted by molar-refractivity contribution is -0.122. The monoisotopic (exact) mass is 252 g/mol. The third-order valence-electron chi connectivity index (χ3n) is 3.31. The zero-order chi connectivity index (χ0) is 12.5. The Morgan fingerprint density at radius 2 is 2.18 bits per heavy atom. The summed E-state index contributed by atoms with van der Waals surface area (Å²) in [5.74, 6) is -0.108. The summed E-state index contributed by atoms with van der Waals surface area (Å²) in [5.41, 5.74) is 6.68. The van der Waals surface area contributed by atoms with E-state index in [9.17, 15) is 4.79 Å². The summed E-state index contributed by atoms with van der Waals surface area (Å²) in [7, 11) is 0. The number of hydrogen-bond acceptors (Lipinski definition) is 2. The van der Waals surface area contributed by atoms with Crippen molar-refractivity contribution in [3.8, 4) is 0 Å². The molecule has 0 unspecified atom stereocenters. The summed E-state index contributed by atoms with van der Waals surface area (Å²) in [6.45, 7) is 2.31. The lowest BCUT2D eigenvalue weighted by Gasteiger charge is -2.18. The van der Waals surface area contributed by atoms with Crippen molar-refractivity contribution in [2.45, 2.75) is 31.2 Å². The van der Waals surface area contributed by atoms with Crippen molar-refractivity contribution in [3.05, 3.63) is 34.9 Å². The van der Waals surface area contributed by atoms with E-state index in [-0.39, 0.29) is 11.3 Å². The standard InChI is InChI=1S/C13H17ClN2O/c1-9(15)12(17)16-8-13(6-7-13)10-4-2-3-5-11(10)14/h2-5,9H,6-8,15H2,1H3,(H,16,17)/t9-/m1/s1. The van der Waals surface area contributed by atoms with Gasteiger partial charge in [0.1, 0.15) is 0 Å². The van der Waals surface area contributed by atoms with E-state index in [0.717, 1.165) is 23.4 Å². The van der Waals surface area contributed by atoms with Gasteiger partial charge >= 0.3 is 0 Å². The molecule has 0 aliphatic heterocycles. The Morgan fingerprint density at radius 1 is 1.53 bits per heavy atom. The number of benzene rings is 1. The molecule has 1 amide bonds. The first-order valence-corrected chi connectivity index (χ1v) is 6.21. The molecule has 3 N–H and O–H groups in total. The van der Waals surface area contributed by atoms with E-state index >= 15 is 0 Å². The molecule has 0 saturated heterocycles. The molecule has 0 radical (unpaired) electrons. The summed E-state index contributed by atoms with van der Waals surface area (Å²) in [4.78, 5) is 11.5. The first kappa shape index (κ1) is 12.4. The van der Waals surface area contributed by atoms with Gasteiger partial charge in [0, 0.05) is 17.0 Å². The second-order valence-electron chi connectivity index (χ2n) is 4.77. The van der Waals surface area contributed by atoms with Gasteiger partial charge in [-0.3, -0.25) is 4.79 Å². The van der Waals surface area contributed by atoms with Crippen molar-refractivity contribution in [1.29, 1.82) is 0 Å². The van der Waals surface area contributed by atoms with E-state index in [1.807, 2.05) is 24.3 Å². The SMILES string of the molecule is C[C@@H](N)C(=O)NCC1(c2ccccc2Cl)CC1. The van der Waals surface area contributed by atoms with Crippen molar-refractivity contribution in [3.63, 3.8) is 0 Å². The lowest BCUT2D eigenvalue weighted by Crippen LogP contribution is -2.41. The molecule has 1 aromatic carbocycles. The topological polar surface area (TPSA) is 55.1 Å². The lowest BCUT2D eigenvalue weighted by atomic mass is 9.96. The third-order valence-corrected chi connectivity index (χ3v) is 3.64. The van der Waals surface area contributed by atoms with E-state index in [0.29, 0.717) is 6.54 Å². The highest BCUT2D eigenvalue weighted by molar-refractivity contribution is 6.31. The Bertz CT molecular complexity index is 427. The van der Waals surface area contributed by atoms with E-state index < -0.39 is 6.04 Å². The maximum atomic E-state index is 11.5. The van der Waals surface area contributed by atoms with Gasteiger partial charge in [-0.2, -0.15) is 0 Å². The Kier molecular flexibility index (Phi) is 3.40. The van der Waals surface area contributed by atoms with Gasteiger partial charge in [-0.25, -0.2) is 0 Å². The van der Waals surface area contributed by atoms with Crippen molar-refractivity contribution in [2.75, 3.05) is 6.54 Å².